The Labute approximate surface area is 105 Å². The summed E-state index contributed by atoms with van der Waals surface area (Å²) < 4.78 is 0. The van der Waals surface area contributed by atoms with Crippen molar-refractivity contribution in [3.63, 3.8) is 0 Å². The normalized spacial score (nSPS) is 19.3. The molecule has 4 nitrogen and oxygen atoms in total. The smallest absolute Gasteiger partial charge is 0.234 e. The summed E-state index contributed by atoms with van der Waals surface area (Å²) in [5.74, 6) is 0.138. The third-order valence-corrected chi connectivity index (χ3v) is 2.96. The Kier molecular flexibility index (Phi) is 5.40. The number of carbonyl (C=O) groups is 1. The van der Waals surface area contributed by atoms with Crippen LogP contribution < -0.4 is 10.6 Å². The predicted octanol–water partition coefficient (Wildman–Crippen LogP) is 0.975. The number of nitrogens with zero attached hydrogens (tertiary/aromatic N) is 1. The van der Waals surface area contributed by atoms with E-state index in [1.54, 1.807) is 0 Å². The summed E-state index contributed by atoms with van der Waals surface area (Å²) in [6, 6.07) is 0.641. The Morgan fingerprint density at radius 2 is 1.88 bits per heavy atom. The van der Waals surface area contributed by atoms with Crippen LogP contribution in [0.25, 0.3) is 0 Å². The average Bonchev–Trinajstić information content (AvgIpc) is 2.18. The van der Waals surface area contributed by atoms with Crippen molar-refractivity contribution in [3.05, 3.63) is 0 Å². The van der Waals surface area contributed by atoms with E-state index in [2.05, 4.69) is 22.5 Å². The Bertz CT molecular complexity index is 240. The Balaban J connectivity index is 2.24. The number of nitrogens with one attached hydrogen (secondary N) is 2. The van der Waals surface area contributed by atoms with Crippen LogP contribution in [0.1, 0.15) is 40.5 Å². The van der Waals surface area contributed by atoms with Gasteiger partial charge in [0, 0.05) is 24.7 Å². The van der Waals surface area contributed by atoms with Gasteiger partial charge in [-0.15, -0.1) is 0 Å². The van der Waals surface area contributed by atoms with Crippen LogP contribution in [-0.2, 0) is 4.79 Å². The van der Waals surface area contributed by atoms with Crippen LogP contribution in [0.4, 0.5) is 0 Å². The molecule has 0 aliphatic carbocycles. The van der Waals surface area contributed by atoms with Gasteiger partial charge in [0.25, 0.3) is 0 Å². The van der Waals surface area contributed by atoms with Crippen molar-refractivity contribution < 1.29 is 4.79 Å². The molecule has 1 amide bonds. The molecule has 1 aliphatic heterocycles. The van der Waals surface area contributed by atoms with Crippen LogP contribution >= 0.6 is 0 Å². The molecule has 1 rings (SSSR count). The molecule has 0 aromatic carbocycles. The van der Waals surface area contributed by atoms with Crippen molar-refractivity contribution in [1.29, 1.82) is 0 Å². The lowest BCUT2D eigenvalue weighted by molar-refractivity contribution is -0.123. The summed E-state index contributed by atoms with van der Waals surface area (Å²) in [7, 11) is 0. The molecule has 1 fully saturated rings. The van der Waals surface area contributed by atoms with Crippen LogP contribution in [0.2, 0.25) is 0 Å². The molecule has 1 aliphatic rings. The van der Waals surface area contributed by atoms with E-state index in [4.69, 9.17) is 0 Å². The van der Waals surface area contributed by atoms with Crippen LogP contribution in [-0.4, -0.2) is 48.6 Å². The maximum absolute atomic E-state index is 11.8. The second-order valence-electron chi connectivity index (χ2n) is 5.91. The number of carbonyl (C=O) groups excluding carboxylic acids is 1. The van der Waals surface area contributed by atoms with E-state index < -0.39 is 0 Å². The van der Waals surface area contributed by atoms with Crippen LogP contribution in [0.15, 0.2) is 0 Å². The number of piperidine rings is 1. The molecule has 0 radical (unpaired) electrons. The summed E-state index contributed by atoms with van der Waals surface area (Å²) in [4.78, 5) is 14.0. The minimum atomic E-state index is -0.126. The quantitative estimate of drug-likeness (QED) is 0.771. The first-order valence-corrected chi connectivity index (χ1v) is 6.67. The SMILES string of the molecule is CCNC1CCN(CC(=O)NC(C)(C)C)CC1. The summed E-state index contributed by atoms with van der Waals surface area (Å²) in [6.07, 6.45) is 2.30. The van der Waals surface area contributed by atoms with Crippen LogP contribution in [0, 0.1) is 0 Å². The summed E-state index contributed by atoms with van der Waals surface area (Å²) in [6.45, 7) is 11.8. The first-order chi connectivity index (χ1) is 7.90. The molecular weight excluding hydrogens is 214 g/mol. The molecule has 4 heteroatoms. The van der Waals surface area contributed by atoms with Crippen LogP contribution in [0.5, 0.6) is 0 Å². The first kappa shape index (κ1) is 14.5. The number of hydrogen-bond acceptors (Lipinski definition) is 3. The molecule has 1 saturated heterocycles. The molecule has 0 aromatic heterocycles. The number of rotatable bonds is 4. The van der Waals surface area contributed by atoms with Gasteiger partial charge in [-0.2, -0.15) is 0 Å². The van der Waals surface area contributed by atoms with Gasteiger partial charge in [0.1, 0.15) is 0 Å². The molecular formula is C13H27N3O. The molecule has 0 spiro atoms. The molecule has 2 N–H and O–H groups in total. The highest BCUT2D eigenvalue weighted by atomic mass is 16.2. The van der Waals surface area contributed by atoms with E-state index in [1.165, 1.54) is 0 Å². The molecule has 0 bridgehead atoms. The largest absolute Gasteiger partial charge is 0.350 e. The third-order valence-electron chi connectivity index (χ3n) is 2.96. The van der Waals surface area contributed by atoms with Gasteiger partial charge in [-0.05, 0) is 40.2 Å². The summed E-state index contributed by atoms with van der Waals surface area (Å²) in [5, 5.41) is 6.48. The fraction of sp³-hybridized carbons (Fsp3) is 0.923. The molecule has 0 unspecified atom stereocenters. The van der Waals surface area contributed by atoms with Crippen molar-refractivity contribution in [2.24, 2.45) is 0 Å². The van der Waals surface area contributed by atoms with E-state index >= 15 is 0 Å². The van der Waals surface area contributed by atoms with Gasteiger partial charge in [0.2, 0.25) is 5.91 Å². The number of amides is 1. The van der Waals surface area contributed by atoms with E-state index in [-0.39, 0.29) is 11.4 Å². The minimum absolute atomic E-state index is 0.126. The topological polar surface area (TPSA) is 44.4 Å². The monoisotopic (exact) mass is 241 g/mol. The van der Waals surface area contributed by atoms with Crippen molar-refractivity contribution in [2.75, 3.05) is 26.2 Å². The minimum Gasteiger partial charge on any atom is -0.350 e. The highest BCUT2D eigenvalue weighted by Crippen LogP contribution is 2.10. The van der Waals surface area contributed by atoms with Crippen LogP contribution in [0.3, 0.4) is 0 Å². The van der Waals surface area contributed by atoms with Gasteiger partial charge < -0.3 is 10.6 Å². The van der Waals surface area contributed by atoms with Gasteiger partial charge in [-0.3, -0.25) is 9.69 Å². The standard InChI is InChI=1S/C13H27N3O/c1-5-14-11-6-8-16(9-7-11)10-12(17)15-13(2,3)4/h11,14H,5-10H2,1-4H3,(H,15,17). The zero-order valence-corrected chi connectivity index (χ0v) is 11.7. The zero-order valence-electron chi connectivity index (χ0n) is 11.7. The Morgan fingerprint density at radius 1 is 1.29 bits per heavy atom. The third kappa shape index (κ3) is 6.03. The maximum Gasteiger partial charge on any atom is 0.234 e. The lowest BCUT2D eigenvalue weighted by atomic mass is 10.0. The van der Waals surface area contributed by atoms with Gasteiger partial charge in [0.15, 0.2) is 0 Å². The second kappa shape index (κ2) is 6.36. The van der Waals surface area contributed by atoms with E-state index in [1.807, 2.05) is 20.8 Å². The first-order valence-electron chi connectivity index (χ1n) is 6.67. The van der Waals surface area contributed by atoms with E-state index in [9.17, 15) is 4.79 Å². The number of hydrogen-bond donors (Lipinski definition) is 2. The Hall–Kier alpha value is -0.610. The average molecular weight is 241 g/mol. The van der Waals surface area contributed by atoms with Crippen molar-refractivity contribution in [1.82, 2.24) is 15.5 Å². The van der Waals surface area contributed by atoms with E-state index in [0.717, 1.165) is 32.5 Å². The molecule has 0 saturated carbocycles. The van der Waals surface area contributed by atoms with Gasteiger partial charge in [-0.1, -0.05) is 6.92 Å². The lowest BCUT2D eigenvalue weighted by Crippen LogP contribution is -2.49. The molecule has 0 aromatic rings. The summed E-state index contributed by atoms with van der Waals surface area (Å²) >= 11 is 0. The second-order valence-corrected chi connectivity index (χ2v) is 5.91. The van der Waals surface area contributed by atoms with Crippen molar-refractivity contribution >= 4 is 5.91 Å². The predicted molar refractivity (Wildman–Crippen MR) is 71.0 cm³/mol. The Morgan fingerprint density at radius 3 is 2.35 bits per heavy atom. The van der Waals surface area contributed by atoms with Gasteiger partial charge >= 0.3 is 0 Å². The molecule has 0 atom stereocenters. The van der Waals surface area contributed by atoms with Crippen molar-refractivity contribution in [2.45, 2.75) is 52.1 Å². The molecule has 17 heavy (non-hydrogen) atoms. The van der Waals surface area contributed by atoms with Gasteiger partial charge in [-0.25, -0.2) is 0 Å². The maximum atomic E-state index is 11.8. The van der Waals surface area contributed by atoms with Gasteiger partial charge in [0.05, 0.1) is 6.54 Å². The highest BCUT2D eigenvalue weighted by molar-refractivity contribution is 5.78. The van der Waals surface area contributed by atoms with E-state index in [0.29, 0.717) is 12.6 Å². The van der Waals surface area contributed by atoms with Crippen molar-refractivity contribution in [3.8, 4) is 0 Å². The highest BCUT2D eigenvalue weighted by Gasteiger charge is 2.21. The summed E-state index contributed by atoms with van der Waals surface area (Å²) in [5.41, 5.74) is -0.126. The molecule has 100 valence electrons. The lowest BCUT2D eigenvalue weighted by Gasteiger charge is -2.32. The molecule has 1 heterocycles. The fourth-order valence-electron chi connectivity index (χ4n) is 2.24. The number of likely N-dealkylation sites (tertiary alicyclic amines) is 1. The fourth-order valence-corrected chi connectivity index (χ4v) is 2.24. The zero-order chi connectivity index (χ0) is 12.9.